The number of aryl methyl sites for hydroxylation is 1. The molecule has 3 heteroatoms. The third kappa shape index (κ3) is 15.2. The van der Waals surface area contributed by atoms with Crippen molar-refractivity contribution in [3.63, 3.8) is 0 Å². The van der Waals surface area contributed by atoms with Crippen LogP contribution in [0.4, 0.5) is 0 Å². The summed E-state index contributed by atoms with van der Waals surface area (Å²) in [5, 5.41) is 10.9. The van der Waals surface area contributed by atoms with Gasteiger partial charge in [0.25, 0.3) is 0 Å². The Kier molecular flexibility index (Phi) is 17.0. The summed E-state index contributed by atoms with van der Waals surface area (Å²) in [5.74, 6) is 0.167. The van der Waals surface area contributed by atoms with Crippen molar-refractivity contribution in [3.05, 3.63) is 28.8 Å². The molecule has 0 heterocycles. The number of rotatable bonds is 20. The lowest BCUT2D eigenvalue weighted by Gasteiger charge is -2.27. The molecule has 1 N–H and O–H groups in total. The van der Waals surface area contributed by atoms with E-state index in [0.717, 1.165) is 24.0 Å². The molecule has 0 saturated carbocycles. The van der Waals surface area contributed by atoms with Crippen LogP contribution in [0.15, 0.2) is 12.1 Å². The molecule has 0 aliphatic rings. The molecule has 0 fully saturated rings. The topological polar surface area (TPSA) is 46.5 Å². The Morgan fingerprint density at radius 1 is 0.684 bits per heavy atom. The number of carbonyl (C=O) groups is 1. The van der Waals surface area contributed by atoms with Gasteiger partial charge < -0.3 is 9.84 Å². The molecule has 0 saturated heterocycles. The molecule has 1 aromatic carbocycles. The number of hydrogen-bond donors (Lipinski definition) is 1. The fraction of sp³-hybridized carbons (Fsp3) is 0.800. The molecule has 1 aromatic rings. The number of benzene rings is 1. The first-order chi connectivity index (χ1) is 18.0. The maximum atomic E-state index is 12.3. The average molecular weight is 531 g/mol. The second-order valence-electron chi connectivity index (χ2n) is 13.6. The van der Waals surface area contributed by atoms with E-state index in [1.807, 2.05) is 0 Å². The van der Waals surface area contributed by atoms with Crippen LogP contribution < -0.4 is 0 Å². The summed E-state index contributed by atoms with van der Waals surface area (Å²) < 4.78 is 5.50. The molecule has 3 nitrogen and oxygen atoms in total. The van der Waals surface area contributed by atoms with Gasteiger partial charge in [0.05, 0.1) is 6.61 Å². The summed E-state index contributed by atoms with van der Waals surface area (Å²) in [7, 11) is 0. The number of unbranched alkanes of at least 4 members (excludes halogenated alkanes) is 15. The van der Waals surface area contributed by atoms with Gasteiger partial charge in [0.1, 0.15) is 5.75 Å². The van der Waals surface area contributed by atoms with Gasteiger partial charge in [-0.2, -0.15) is 0 Å². The molecule has 220 valence electrons. The van der Waals surface area contributed by atoms with Crippen LogP contribution in [0.3, 0.4) is 0 Å². The summed E-state index contributed by atoms with van der Waals surface area (Å²) in [6, 6.07) is 4.18. The minimum Gasteiger partial charge on any atom is -0.507 e. The number of phenols is 1. The van der Waals surface area contributed by atoms with Gasteiger partial charge in [-0.1, -0.05) is 157 Å². The third-order valence-corrected chi connectivity index (χ3v) is 7.72. The highest BCUT2D eigenvalue weighted by Gasteiger charge is 2.25. The number of hydrogen-bond acceptors (Lipinski definition) is 3. The molecule has 0 unspecified atom stereocenters. The molecule has 0 amide bonds. The van der Waals surface area contributed by atoms with Gasteiger partial charge in [0.2, 0.25) is 0 Å². The van der Waals surface area contributed by atoms with Crippen LogP contribution >= 0.6 is 0 Å². The van der Waals surface area contributed by atoms with Crippen molar-refractivity contribution in [1.29, 1.82) is 0 Å². The lowest BCUT2D eigenvalue weighted by atomic mass is 9.78. The van der Waals surface area contributed by atoms with E-state index in [0.29, 0.717) is 25.2 Å². The van der Waals surface area contributed by atoms with E-state index in [4.69, 9.17) is 4.74 Å². The van der Waals surface area contributed by atoms with Gasteiger partial charge in [-0.25, -0.2) is 0 Å². The number of aromatic hydroxyl groups is 1. The highest BCUT2D eigenvalue weighted by molar-refractivity contribution is 5.70. The lowest BCUT2D eigenvalue weighted by Crippen LogP contribution is -2.18. The Bertz CT molecular complexity index is 767. The van der Waals surface area contributed by atoms with Crippen LogP contribution in [0.1, 0.15) is 174 Å². The molecule has 0 radical (unpaired) electrons. The van der Waals surface area contributed by atoms with Gasteiger partial charge in [-0.15, -0.1) is 0 Å². The molecule has 0 bridgehead atoms. The van der Waals surface area contributed by atoms with Crippen LogP contribution in [-0.4, -0.2) is 17.7 Å². The quantitative estimate of drug-likeness (QED) is 0.135. The van der Waals surface area contributed by atoms with Crippen LogP contribution in [0, 0.1) is 0 Å². The van der Waals surface area contributed by atoms with Gasteiger partial charge in [0, 0.05) is 6.42 Å². The molecule has 0 spiro atoms. The van der Waals surface area contributed by atoms with Crippen molar-refractivity contribution in [1.82, 2.24) is 0 Å². The van der Waals surface area contributed by atoms with Crippen molar-refractivity contribution in [3.8, 4) is 5.75 Å². The van der Waals surface area contributed by atoms with Gasteiger partial charge in [-0.3, -0.25) is 4.79 Å². The number of esters is 1. The second-order valence-corrected chi connectivity index (χ2v) is 13.6. The highest BCUT2D eigenvalue weighted by Crippen LogP contribution is 2.38. The molecular weight excluding hydrogens is 468 g/mol. The van der Waals surface area contributed by atoms with Crippen molar-refractivity contribution < 1.29 is 14.6 Å². The Labute approximate surface area is 236 Å². The highest BCUT2D eigenvalue weighted by atomic mass is 16.5. The van der Waals surface area contributed by atoms with Gasteiger partial charge in [-0.05, 0) is 40.4 Å². The Hall–Kier alpha value is -1.51. The van der Waals surface area contributed by atoms with Crippen molar-refractivity contribution in [2.24, 2.45) is 0 Å². The van der Waals surface area contributed by atoms with Crippen molar-refractivity contribution >= 4 is 5.97 Å². The first-order valence-corrected chi connectivity index (χ1v) is 16.0. The first kappa shape index (κ1) is 34.5. The largest absolute Gasteiger partial charge is 0.507 e. The smallest absolute Gasteiger partial charge is 0.306 e. The van der Waals surface area contributed by atoms with E-state index in [9.17, 15) is 9.90 Å². The molecule has 0 aliphatic heterocycles. The Balaban J connectivity index is 2.14. The van der Waals surface area contributed by atoms with E-state index >= 15 is 0 Å². The molecule has 1 rings (SSSR count). The van der Waals surface area contributed by atoms with E-state index in [1.54, 1.807) is 0 Å². The van der Waals surface area contributed by atoms with Gasteiger partial charge >= 0.3 is 5.97 Å². The molecule has 38 heavy (non-hydrogen) atoms. The summed E-state index contributed by atoms with van der Waals surface area (Å²) in [4.78, 5) is 12.3. The SMILES string of the molecule is CCCCCCCCCCCCCCCCCCOC(=O)CCc1cc(C(C)(C)C)cc(C(C)(C)C)c1O. The van der Waals surface area contributed by atoms with Crippen molar-refractivity contribution in [2.75, 3.05) is 6.61 Å². The molecule has 0 atom stereocenters. The summed E-state index contributed by atoms with van der Waals surface area (Å²) in [6.07, 6.45) is 22.2. The summed E-state index contributed by atoms with van der Waals surface area (Å²) >= 11 is 0. The maximum Gasteiger partial charge on any atom is 0.306 e. The third-order valence-electron chi connectivity index (χ3n) is 7.72. The number of phenolic OH excluding ortho intramolecular Hbond substituents is 1. The number of ether oxygens (including phenoxy) is 1. The molecule has 0 aliphatic carbocycles. The predicted octanol–water partition coefficient (Wildman–Crippen LogP) is 10.7. The molecule has 0 aromatic heterocycles. The van der Waals surface area contributed by atoms with Gasteiger partial charge in [0.15, 0.2) is 0 Å². The predicted molar refractivity (Wildman–Crippen MR) is 164 cm³/mol. The van der Waals surface area contributed by atoms with E-state index < -0.39 is 0 Å². The zero-order valence-electron chi connectivity index (χ0n) is 26.4. The normalized spacial score (nSPS) is 12.2. The first-order valence-electron chi connectivity index (χ1n) is 16.0. The zero-order valence-corrected chi connectivity index (χ0v) is 26.4. The van der Waals surface area contributed by atoms with Crippen LogP contribution in [0.25, 0.3) is 0 Å². The standard InChI is InChI=1S/C35H62O3/c1-8-9-10-11-12-13-14-15-16-17-18-19-20-21-22-23-26-38-32(36)25-24-29-27-30(34(2,3)4)28-31(33(29)37)35(5,6)7/h27-28,37H,8-26H2,1-7H3. The second kappa shape index (κ2) is 18.7. The van der Waals surface area contributed by atoms with E-state index in [-0.39, 0.29) is 16.8 Å². The van der Waals surface area contributed by atoms with Crippen molar-refractivity contribution in [2.45, 2.75) is 175 Å². The van der Waals surface area contributed by atoms with Crippen LogP contribution in [0.2, 0.25) is 0 Å². The van der Waals surface area contributed by atoms with Crippen LogP contribution in [0.5, 0.6) is 5.75 Å². The zero-order chi connectivity index (χ0) is 28.4. The lowest BCUT2D eigenvalue weighted by molar-refractivity contribution is -0.143. The number of carbonyl (C=O) groups excluding carboxylic acids is 1. The Morgan fingerprint density at radius 3 is 1.55 bits per heavy atom. The Morgan fingerprint density at radius 2 is 1.13 bits per heavy atom. The fourth-order valence-electron chi connectivity index (χ4n) is 5.03. The summed E-state index contributed by atoms with van der Waals surface area (Å²) in [5.41, 5.74) is 2.81. The minimum absolute atomic E-state index is 0.0177. The van der Waals surface area contributed by atoms with E-state index in [2.05, 4.69) is 60.6 Å². The average Bonchev–Trinajstić information content (AvgIpc) is 2.83. The minimum atomic E-state index is -0.163. The molecular formula is C35H62O3. The van der Waals surface area contributed by atoms with Crippen LogP contribution in [-0.2, 0) is 26.8 Å². The summed E-state index contributed by atoms with van der Waals surface area (Å²) in [6.45, 7) is 15.7. The fourth-order valence-corrected chi connectivity index (χ4v) is 5.03. The maximum absolute atomic E-state index is 12.3. The van der Waals surface area contributed by atoms with E-state index in [1.165, 1.54) is 95.5 Å². The monoisotopic (exact) mass is 530 g/mol.